The van der Waals surface area contributed by atoms with E-state index in [1.54, 1.807) is 24.3 Å². The summed E-state index contributed by atoms with van der Waals surface area (Å²) in [6.07, 6.45) is 6.41. The number of carbonyl (C=O) groups is 1. The molecule has 0 radical (unpaired) electrons. The van der Waals surface area contributed by atoms with Crippen LogP contribution in [-0.4, -0.2) is 18.1 Å². The molecule has 0 unspecified atom stereocenters. The van der Waals surface area contributed by atoms with Crippen molar-refractivity contribution in [3.05, 3.63) is 52.7 Å². The molecule has 5 nitrogen and oxygen atoms in total. The lowest BCUT2D eigenvalue weighted by Gasteiger charge is -2.17. The molecule has 0 atom stereocenters. The first kappa shape index (κ1) is 17.0. The Morgan fingerprint density at radius 1 is 1.12 bits per heavy atom. The van der Waals surface area contributed by atoms with Crippen molar-refractivity contribution in [2.24, 2.45) is 0 Å². The molecular formula is C20H20N2O3. The molecule has 0 fully saturated rings. The van der Waals surface area contributed by atoms with E-state index in [-0.39, 0.29) is 5.88 Å². The standard InChI is InChI=1S/C20H20N2O3/c1-24-20(23)17-12-15-6-4-2-3-5-7-18(15)22-19(17)25-16-10-8-14(13-21)9-11-16/h8-12H,2-7H2,1H3. The van der Waals surface area contributed by atoms with Crippen molar-refractivity contribution in [3.8, 4) is 17.7 Å². The zero-order valence-electron chi connectivity index (χ0n) is 14.2. The first-order valence-corrected chi connectivity index (χ1v) is 8.50. The molecule has 1 aromatic heterocycles. The van der Waals surface area contributed by atoms with Crippen LogP contribution in [0, 0.1) is 11.3 Å². The van der Waals surface area contributed by atoms with Crippen LogP contribution in [0.15, 0.2) is 30.3 Å². The maximum Gasteiger partial charge on any atom is 0.343 e. The van der Waals surface area contributed by atoms with Crippen LogP contribution in [-0.2, 0) is 17.6 Å². The molecule has 25 heavy (non-hydrogen) atoms. The Kier molecular flexibility index (Phi) is 5.30. The summed E-state index contributed by atoms with van der Waals surface area (Å²) in [5, 5.41) is 8.88. The Labute approximate surface area is 147 Å². The van der Waals surface area contributed by atoms with Crippen LogP contribution in [0.4, 0.5) is 0 Å². The first-order chi connectivity index (χ1) is 12.2. The summed E-state index contributed by atoms with van der Waals surface area (Å²) < 4.78 is 10.7. The number of ether oxygens (including phenoxy) is 2. The Hall–Kier alpha value is -2.87. The van der Waals surface area contributed by atoms with Crippen LogP contribution in [0.5, 0.6) is 11.6 Å². The van der Waals surface area contributed by atoms with Gasteiger partial charge in [0, 0.05) is 5.69 Å². The van der Waals surface area contributed by atoms with Gasteiger partial charge >= 0.3 is 5.97 Å². The highest BCUT2D eigenvalue weighted by molar-refractivity contribution is 5.92. The number of benzene rings is 1. The minimum Gasteiger partial charge on any atom is -0.465 e. The Morgan fingerprint density at radius 3 is 2.52 bits per heavy atom. The fourth-order valence-electron chi connectivity index (χ4n) is 3.01. The monoisotopic (exact) mass is 336 g/mol. The van der Waals surface area contributed by atoms with E-state index in [0.29, 0.717) is 16.9 Å². The minimum absolute atomic E-state index is 0.260. The molecule has 0 N–H and O–H groups in total. The summed E-state index contributed by atoms with van der Waals surface area (Å²) in [6, 6.07) is 10.6. The number of rotatable bonds is 3. The fourth-order valence-corrected chi connectivity index (χ4v) is 3.01. The molecule has 0 spiro atoms. The number of methoxy groups -OCH3 is 1. The van der Waals surface area contributed by atoms with E-state index in [0.717, 1.165) is 36.9 Å². The second kappa shape index (κ2) is 7.80. The molecule has 0 amide bonds. The third-order valence-corrected chi connectivity index (χ3v) is 4.37. The quantitative estimate of drug-likeness (QED) is 0.786. The third kappa shape index (κ3) is 3.97. The van der Waals surface area contributed by atoms with E-state index in [4.69, 9.17) is 14.7 Å². The minimum atomic E-state index is -0.457. The molecule has 0 saturated carbocycles. The molecule has 128 valence electrons. The van der Waals surface area contributed by atoms with E-state index in [9.17, 15) is 4.79 Å². The van der Waals surface area contributed by atoms with E-state index < -0.39 is 5.97 Å². The fraction of sp³-hybridized carbons (Fsp3) is 0.350. The number of hydrogen-bond donors (Lipinski definition) is 0. The second-order valence-corrected chi connectivity index (χ2v) is 6.09. The number of esters is 1. The molecule has 0 bridgehead atoms. The third-order valence-electron chi connectivity index (χ3n) is 4.37. The number of aryl methyl sites for hydroxylation is 2. The van der Waals surface area contributed by atoms with Crippen LogP contribution < -0.4 is 4.74 Å². The highest BCUT2D eigenvalue weighted by Crippen LogP contribution is 2.29. The van der Waals surface area contributed by atoms with Crippen molar-refractivity contribution in [2.45, 2.75) is 38.5 Å². The lowest BCUT2D eigenvalue weighted by atomic mass is 9.96. The van der Waals surface area contributed by atoms with Crippen molar-refractivity contribution in [2.75, 3.05) is 7.11 Å². The predicted octanol–water partition coefficient (Wildman–Crippen LogP) is 4.19. The number of aromatic nitrogens is 1. The van der Waals surface area contributed by atoms with Crippen LogP contribution in [0.2, 0.25) is 0 Å². The lowest BCUT2D eigenvalue weighted by Crippen LogP contribution is -2.11. The second-order valence-electron chi connectivity index (χ2n) is 6.09. The smallest absolute Gasteiger partial charge is 0.343 e. The van der Waals surface area contributed by atoms with Crippen LogP contribution in [0.1, 0.15) is 52.9 Å². The SMILES string of the molecule is COC(=O)c1cc2c(nc1Oc1ccc(C#N)cc1)CCCCCC2. The summed E-state index contributed by atoms with van der Waals surface area (Å²) in [5.74, 6) is 0.333. The summed E-state index contributed by atoms with van der Waals surface area (Å²) in [4.78, 5) is 16.8. The number of carbonyl (C=O) groups excluding carboxylic acids is 1. The van der Waals surface area contributed by atoms with Gasteiger partial charge in [-0.2, -0.15) is 5.26 Å². The largest absolute Gasteiger partial charge is 0.465 e. The van der Waals surface area contributed by atoms with Gasteiger partial charge in [0.2, 0.25) is 5.88 Å². The van der Waals surface area contributed by atoms with E-state index >= 15 is 0 Å². The maximum absolute atomic E-state index is 12.2. The van der Waals surface area contributed by atoms with Gasteiger partial charge in [0.05, 0.1) is 18.7 Å². The number of pyridine rings is 1. The molecule has 0 saturated heterocycles. The highest BCUT2D eigenvalue weighted by atomic mass is 16.5. The Morgan fingerprint density at radius 2 is 1.84 bits per heavy atom. The van der Waals surface area contributed by atoms with E-state index in [1.807, 2.05) is 6.07 Å². The van der Waals surface area contributed by atoms with E-state index in [2.05, 4.69) is 11.1 Å². The molecular weight excluding hydrogens is 316 g/mol. The average Bonchev–Trinajstić information content (AvgIpc) is 2.63. The topological polar surface area (TPSA) is 72.2 Å². The number of hydrogen-bond acceptors (Lipinski definition) is 5. The number of fused-ring (bicyclic) bond motifs is 1. The van der Waals surface area contributed by atoms with Crippen LogP contribution >= 0.6 is 0 Å². The molecule has 1 aromatic carbocycles. The molecule has 1 heterocycles. The van der Waals surface area contributed by atoms with Gasteiger partial charge in [-0.3, -0.25) is 0 Å². The zero-order valence-corrected chi connectivity index (χ0v) is 14.2. The molecule has 2 aromatic rings. The molecule has 0 aliphatic heterocycles. The maximum atomic E-state index is 12.2. The summed E-state index contributed by atoms with van der Waals surface area (Å²) in [5.41, 5.74) is 2.99. The Bertz CT molecular complexity index is 807. The van der Waals surface area contributed by atoms with Crippen molar-refractivity contribution in [3.63, 3.8) is 0 Å². The van der Waals surface area contributed by atoms with Crippen molar-refractivity contribution in [1.82, 2.24) is 4.98 Å². The van der Waals surface area contributed by atoms with Gasteiger partial charge in [-0.05, 0) is 61.6 Å². The van der Waals surface area contributed by atoms with E-state index in [1.165, 1.54) is 20.0 Å². The van der Waals surface area contributed by atoms with Gasteiger partial charge in [-0.25, -0.2) is 9.78 Å². The van der Waals surface area contributed by atoms with Crippen molar-refractivity contribution < 1.29 is 14.3 Å². The number of nitriles is 1. The molecule has 1 aliphatic rings. The number of nitrogens with zero attached hydrogens (tertiary/aromatic N) is 2. The Balaban J connectivity index is 1.98. The average molecular weight is 336 g/mol. The van der Waals surface area contributed by atoms with Crippen molar-refractivity contribution >= 4 is 5.97 Å². The van der Waals surface area contributed by atoms with Crippen LogP contribution in [0.25, 0.3) is 0 Å². The highest BCUT2D eigenvalue weighted by Gasteiger charge is 2.20. The van der Waals surface area contributed by atoms with Gasteiger partial charge < -0.3 is 9.47 Å². The van der Waals surface area contributed by atoms with Gasteiger partial charge in [0.15, 0.2) is 0 Å². The van der Waals surface area contributed by atoms with Gasteiger partial charge in [-0.15, -0.1) is 0 Å². The van der Waals surface area contributed by atoms with Gasteiger partial charge in [0.25, 0.3) is 0 Å². The molecule has 3 rings (SSSR count). The van der Waals surface area contributed by atoms with Crippen LogP contribution in [0.3, 0.4) is 0 Å². The predicted molar refractivity (Wildman–Crippen MR) is 92.7 cm³/mol. The lowest BCUT2D eigenvalue weighted by molar-refractivity contribution is 0.0597. The van der Waals surface area contributed by atoms with Gasteiger partial charge in [-0.1, -0.05) is 12.8 Å². The summed E-state index contributed by atoms with van der Waals surface area (Å²) in [7, 11) is 1.35. The zero-order chi connectivity index (χ0) is 17.6. The molecule has 5 heteroatoms. The normalized spacial score (nSPS) is 13.8. The summed E-state index contributed by atoms with van der Waals surface area (Å²) >= 11 is 0. The summed E-state index contributed by atoms with van der Waals surface area (Å²) in [6.45, 7) is 0. The first-order valence-electron chi connectivity index (χ1n) is 8.50. The van der Waals surface area contributed by atoms with Crippen molar-refractivity contribution in [1.29, 1.82) is 5.26 Å². The van der Waals surface area contributed by atoms with Gasteiger partial charge in [0.1, 0.15) is 11.3 Å². The molecule has 1 aliphatic carbocycles.